The Bertz CT molecular complexity index is 264. The molecule has 0 radical (unpaired) electrons. The van der Waals surface area contributed by atoms with Gasteiger partial charge >= 0.3 is 0 Å². The fourth-order valence-electron chi connectivity index (χ4n) is 3.99. The van der Waals surface area contributed by atoms with Gasteiger partial charge in [0.2, 0.25) is 0 Å². The number of rotatable bonds is 1. The van der Waals surface area contributed by atoms with Crippen LogP contribution in [0.5, 0.6) is 0 Å². The summed E-state index contributed by atoms with van der Waals surface area (Å²) < 4.78 is 0. The molecule has 0 bridgehead atoms. The molecule has 1 heteroatoms. The Kier molecular flexibility index (Phi) is 1.36. The molecule has 1 nitrogen and oxygen atoms in total. The lowest BCUT2D eigenvalue weighted by molar-refractivity contribution is 0.131. The highest BCUT2D eigenvalue weighted by Gasteiger charge is 2.65. The Balaban J connectivity index is 2.01. The zero-order chi connectivity index (χ0) is 9.10. The predicted molar refractivity (Wildman–Crippen MR) is 54.6 cm³/mol. The quantitative estimate of drug-likeness (QED) is 0.556. The van der Waals surface area contributed by atoms with Crippen molar-refractivity contribution in [2.75, 3.05) is 13.1 Å². The van der Waals surface area contributed by atoms with Crippen LogP contribution in [0.3, 0.4) is 0 Å². The molecule has 0 amide bonds. The minimum absolute atomic E-state index is 0.560. The summed E-state index contributed by atoms with van der Waals surface area (Å²) in [7, 11) is 0. The summed E-state index contributed by atoms with van der Waals surface area (Å²) in [6, 6.07) is 0. The Morgan fingerprint density at radius 2 is 2.15 bits per heavy atom. The molecule has 1 spiro atoms. The second-order valence-electron chi connectivity index (χ2n) is 5.26. The van der Waals surface area contributed by atoms with Crippen molar-refractivity contribution in [2.45, 2.75) is 44.6 Å². The Morgan fingerprint density at radius 1 is 1.38 bits per heavy atom. The molecule has 2 heterocycles. The maximum atomic E-state index is 4.18. The first-order chi connectivity index (χ1) is 6.22. The average molecular weight is 177 g/mol. The zero-order valence-corrected chi connectivity index (χ0v) is 8.60. The van der Waals surface area contributed by atoms with Gasteiger partial charge in [-0.15, -0.1) is 0 Å². The van der Waals surface area contributed by atoms with Gasteiger partial charge in [0.1, 0.15) is 0 Å². The lowest BCUT2D eigenvalue weighted by Crippen LogP contribution is -2.43. The maximum Gasteiger partial charge on any atom is 0.0304 e. The van der Waals surface area contributed by atoms with Crippen molar-refractivity contribution in [2.24, 2.45) is 5.41 Å². The highest BCUT2D eigenvalue weighted by Crippen LogP contribution is 2.67. The van der Waals surface area contributed by atoms with Crippen molar-refractivity contribution in [1.29, 1.82) is 0 Å². The molecule has 0 aromatic carbocycles. The molecule has 2 saturated heterocycles. The first-order valence-corrected chi connectivity index (χ1v) is 5.64. The second kappa shape index (κ2) is 2.20. The third-order valence-corrected chi connectivity index (χ3v) is 4.85. The van der Waals surface area contributed by atoms with E-state index in [1.807, 2.05) is 0 Å². The fraction of sp³-hybridized carbons (Fsp3) is 0.833. The molecule has 13 heavy (non-hydrogen) atoms. The van der Waals surface area contributed by atoms with Gasteiger partial charge in [0.15, 0.2) is 0 Å². The molecule has 1 atom stereocenters. The molecule has 3 aliphatic rings. The fourth-order valence-corrected chi connectivity index (χ4v) is 3.99. The van der Waals surface area contributed by atoms with Crippen LogP contribution >= 0.6 is 0 Å². The topological polar surface area (TPSA) is 3.24 Å². The normalized spacial score (nSPS) is 41.5. The van der Waals surface area contributed by atoms with Crippen LogP contribution < -0.4 is 0 Å². The summed E-state index contributed by atoms with van der Waals surface area (Å²) in [5.74, 6) is 0. The van der Waals surface area contributed by atoms with Crippen LogP contribution in [0.1, 0.15) is 39.0 Å². The number of nitrogens with zero attached hydrogens (tertiary/aromatic N) is 1. The van der Waals surface area contributed by atoms with Gasteiger partial charge in [0.25, 0.3) is 0 Å². The molecular formula is C12H19N. The van der Waals surface area contributed by atoms with E-state index in [4.69, 9.17) is 0 Å². The molecule has 3 fully saturated rings. The molecule has 1 aliphatic carbocycles. The summed E-state index contributed by atoms with van der Waals surface area (Å²) >= 11 is 0. The third kappa shape index (κ3) is 0.775. The molecule has 2 aliphatic heterocycles. The van der Waals surface area contributed by atoms with Gasteiger partial charge < -0.3 is 0 Å². The smallest absolute Gasteiger partial charge is 0.0304 e. The van der Waals surface area contributed by atoms with Crippen LogP contribution in [0.2, 0.25) is 0 Å². The summed E-state index contributed by atoms with van der Waals surface area (Å²) in [5, 5.41) is 0. The number of hydrogen-bond donors (Lipinski definition) is 0. The van der Waals surface area contributed by atoms with Crippen molar-refractivity contribution in [3.05, 3.63) is 12.2 Å². The van der Waals surface area contributed by atoms with Gasteiger partial charge in [-0.1, -0.05) is 19.1 Å². The van der Waals surface area contributed by atoms with E-state index in [1.165, 1.54) is 50.8 Å². The number of hydrogen-bond acceptors (Lipinski definition) is 1. The van der Waals surface area contributed by atoms with Crippen LogP contribution in [-0.4, -0.2) is 23.5 Å². The molecule has 0 aromatic rings. The van der Waals surface area contributed by atoms with Crippen LogP contribution in [0.25, 0.3) is 0 Å². The molecule has 0 N–H and O–H groups in total. The van der Waals surface area contributed by atoms with E-state index in [0.29, 0.717) is 5.54 Å². The molecular weight excluding hydrogens is 158 g/mol. The number of fused-ring (bicyclic) bond motifs is 2. The van der Waals surface area contributed by atoms with E-state index in [9.17, 15) is 0 Å². The standard InChI is InChI=1S/C12H19N/c1-3-12-8-10(2)9-13(12)7-6-11(12)4-5-11/h2-9H2,1H3. The molecule has 3 rings (SSSR count). The van der Waals surface area contributed by atoms with Crippen LogP contribution in [0, 0.1) is 5.41 Å². The van der Waals surface area contributed by atoms with Gasteiger partial charge in [-0.3, -0.25) is 4.90 Å². The predicted octanol–water partition coefficient (Wildman–Crippen LogP) is 2.58. The van der Waals surface area contributed by atoms with Crippen LogP contribution in [0.4, 0.5) is 0 Å². The van der Waals surface area contributed by atoms with E-state index < -0.39 is 0 Å². The Labute approximate surface area is 80.8 Å². The molecule has 1 unspecified atom stereocenters. The third-order valence-electron chi connectivity index (χ3n) is 4.85. The Hall–Kier alpha value is -0.300. The first kappa shape index (κ1) is 8.05. The van der Waals surface area contributed by atoms with E-state index in [-0.39, 0.29) is 0 Å². The van der Waals surface area contributed by atoms with E-state index >= 15 is 0 Å². The lowest BCUT2D eigenvalue weighted by atomic mass is 9.77. The van der Waals surface area contributed by atoms with Gasteiger partial charge in [0, 0.05) is 12.1 Å². The SMILES string of the molecule is C=C1CN2CCC3(CC3)C2(CC)C1. The maximum absolute atomic E-state index is 4.18. The van der Waals surface area contributed by atoms with Gasteiger partial charge in [-0.05, 0) is 44.1 Å². The van der Waals surface area contributed by atoms with Crippen molar-refractivity contribution < 1.29 is 0 Å². The van der Waals surface area contributed by atoms with E-state index in [0.717, 1.165) is 5.41 Å². The van der Waals surface area contributed by atoms with Gasteiger partial charge in [0.05, 0.1) is 0 Å². The van der Waals surface area contributed by atoms with Crippen molar-refractivity contribution in [3.63, 3.8) is 0 Å². The monoisotopic (exact) mass is 177 g/mol. The van der Waals surface area contributed by atoms with Crippen LogP contribution in [-0.2, 0) is 0 Å². The van der Waals surface area contributed by atoms with Gasteiger partial charge in [-0.2, -0.15) is 0 Å². The summed E-state index contributed by atoms with van der Waals surface area (Å²) in [4.78, 5) is 2.72. The van der Waals surface area contributed by atoms with Crippen LogP contribution in [0.15, 0.2) is 12.2 Å². The average Bonchev–Trinajstić information content (AvgIpc) is 2.75. The van der Waals surface area contributed by atoms with Gasteiger partial charge in [-0.25, -0.2) is 0 Å². The highest BCUT2D eigenvalue weighted by molar-refractivity contribution is 5.27. The van der Waals surface area contributed by atoms with Crippen molar-refractivity contribution >= 4 is 0 Å². The Morgan fingerprint density at radius 3 is 2.77 bits per heavy atom. The minimum atomic E-state index is 0.560. The summed E-state index contributed by atoms with van der Waals surface area (Å²) in [6.07, 6.45) is 7.08. The molecule has 1 saturated carbocycles. The second-order valence-corrected chi connectivity index (χ2v) is 5.26. The highest BCUT2D eigenvalue weighted by atomic mass is 15.3. The zero-order valence-electron chi connectivity index (χ0n) is 8.60. The van der Waals surface area contributed by atoms with Crippen molar-refractivity contribution in [1.82, 2.24) is 4.90 Å². The van der Waals surface area contributed by atoms with E-state index in [2.05, 4.69) is 18.4 Å². The minimum Gasteiger partial charge on any atom is -0.293 e. The van der Waals surface area contributed by atoms with Crippen molar-refractivity contribution in [3.8, 4) is 0 Å². The largest absolute Gasteiger partial charge is 0.293 e. The summed E-state index contributed by atoms with van der Waals surface area (Å²) in [6.45, 7) is 9.08. The first-order valence-electron chi connectivity index (χ1n) is 5.64. The lowest BCUT2D eigenvalue weighted by Gasteiger charge is -2.36. The summed E-state index contributed by atoms with van der Waals surface area (Å²) in [5.41, 5.74) is 2.78. The molecule has 72 valence electrons. The van der Waals surface area contributed by atoms with E-state index in [1.54, 1.807) is 0 Å². The molecule has 0 aromatic heterocycles.